The summed E-state index contributed by atoms with van der Waals surface area (Å²) in [5.74, 6) is 0. The van der Waals surface area contributed by atoms with E-state index in [9.17, 15) is 5.11 Å². The Morgan fingerprint density at radius 3 is 2.50 bits per heavy atom. The van der Waals surface area contributed by atoms with Crippen LogP contribution in [-0.4, -0.2) is 24.7 Å². The van der Waals surface area contributed by atoms with Crippen molar-refractivity contribution in [2.24, 2.45) is 7.05 Å². The van der Waals surface area contributed by atoms with Crippen molar-refractivity contribution in [1.29, 1.82) is 0 Å². The molecule has 0 aliphatic carbocycles. The SMILES string of the molecule is CCc1cc(Cn2nc(C)c(C(O)CC)c2C)n(C)n1. The summed E-state index contributed by atoms with van der Waals surface area (Å²) in [5.41, 5.74) is 5.14. The highest BCUT2D eigenvalue weighted by Crippen LogP contribution is 2.24. The Bertz CT molecular complexity index is 597. The monoisotopic (exact) mass is 276 g/mol. The van der Waals surface area contributed by atoms with E-state index in [4.69, 9.17) is 0 Å². The lowest BCUT2D eigenvalue weighted by molar-refractivity contribution is 0.172. The van der Waals surface area contributed by atoms with Crippen molar-refractivity contribution in [3.63, 3.8) is 0 Å². The van der Waals surface area contributed by atoms with Gasteiger partial charge in [0.2, 0.25) is 0 Å². The lowest BCUT2D eigenvalue weighted by Crippen LogP contribution is -2.09. The van der Waals surface area contributed by atoms with Crippen LogP contribution >= 0.6 is 0 Å². The topological polar surface area (TPSA) is 55.9 Å². The number of rotatable bonds is 5. The van der Waals surface area contributed by atoms with Gasteiger partial charge in [-0.3, -0.25) is 9.36 Å². The van der Waals surface area contributed by atoms with Gasteiger partial charge in [0.1, 0.15) is 0 Å². The van der Waals surface area contributed by atoms with E-state index in [2.05, 4.69) is 23.2 Å². The van der Waals surface area contributed by atoms with E-state index < -0.39 is 6.10 Å². The first kappa shape index (κ1) is 14.8. The molecule has 0 spiro atoms. The minimum Gasteiger partial charge on any atom is -0.388 e. The number of nitrogens with zero attached hydrogens (tertiary/aromatic N) is 4. The highest BCUT2D eigenvalue weighted by atomic mass is 16.3. The van der Waals surface area contributed by atoms with Gasteiger partial charge in [0.05, 0.1) is 29.7 Å². The van der Waals surface area contributed by atoms with Crippen LogP contribution < -0.4 is 0 Å². The molecule has 5 nitrogen and oxygen atoms in total. The number of hydrogen-bond donors (Lipinski definition) is 1. The Morgan fingerprint density at radius 2 is 1.95 bits per heavy atom. The third kappa shape index (κ3) is 2.63. The molecule has 2 heterocycles. The molecule has 2 aromatic rings. The van der Waals surface area contributed by atoms with Gasteiger partial charge in [-0.05, 0) is 32.8 Å². The van der Waals surface area contributed by atoms with Crippen LogP contribution in [0.4, 0.5) is 0 Å². The third-order valence-electron chi connectivity index (χ3n) is 3.86. The summed E-state index contributed by atoms with van der Waals surface area (Å²) in [6.07, 6.45) is 1.21. The van der Waals surface area contributed by atoms with Crippen molar-refractivity contribution in [3.05, 3.63) is 34.4 Å². The summed E-state index contributed by atoms with van der Waals surface area (Å²) in [6.45, 7) is 8.75. The van der Waals surface area contributed by atoms with Gasteiger partial charge in [-0.25, -0.2) is 0 Å². The maximum atomic E-state index is 10.1. The summed E-state index contributed by atoms with van der Waals surface area (Å²) in [4.78, 5) is 0. The number of aryl methyl sites for hydroxylation is 3. The quantitative estimate of drug-likeness (QED) is 0.911. The molecule has 0 aliphatic heterocycles. The largest absolute Gasteiger partial charge is 0.388 e. The molecule has 2 aromatic heterocycles. The molecular weight excluding hydrogens is 252 g/mol. The number of aliphatic hydroxyl groups excluding tert-OH is 1. The van der Waals surface area contributed by atoms with Gasteiger partial charge in [-0.2, -0.15) is 10.2 Å². The van der Waals surface area contributed by atoms with E-state index in [0.29, 0.717) is 13.0 Å². The van der Waals surface area contributed by atoms with Crippen LogP contribution in [0.25, 0.3) is 0 Å². The second-order valence-corrected chi connectivity index (χ2v) is 5.27. The van der Waals surface area contributed by atoms with Crippen molar-refractivity contribution in [1.82, 2.24) is 19.6 Å². The van der Waals surface area contributed by atoms with Crippen molar-refractivity contribution < 1.29 is 5.11 Å². The van der Waals surface area contributed by atoms with Crippen LogP contribution in [0, 0.1) is 13.8 Å². The zero-order valence-electron chi connectivity index (χ0n) is 13.0. The fourth-order valence-electron chi connectivity index (χ4n) is 2.60. The van der Waals surface area contributed by atoms with Crippen molar-refractivity contribution in [2.45, 2.75) is 53.2 Å². The maximum Gasteiger partial charge on any atom is 0.0831 e. The van der Waals surface area contributed by atoms with Crippen LogP contribution in [0.15, 0.2) is 6.07 Å². The van der Waals surface area contributed by atoms with Gasteiger partial charge >= 0.3 is 0 Å². The molecule has 0 radical (unpaired) electrons. The van der Waals surface area contributed by atoms with E-state index in [-0.39, 0.29) is 0 Å². The summed E-state index contributed by atoms with van der Waals surface area (Å²) in [6, 6.07) is 2.12. The van der Waals surface area contributed by atoms with Crippen molar-refractivity contribution in [3.8, 4) is 0 Å². The van der Waals surface area contributed by atoms with Crippen LogP contribution in [0.5, 0.6) is 0 Å². The Morgan fingerprint density at radius 1 is 1.25 bits per heavy atom. The highest BCUT2D eigenvalue weighted by molar-refractivity contribution is 5.27. The maximum absolute atomic E-state index is 10.1. The van der Waals surface area contributed by atoms with Gasteiger partial charge in [0.15, 0.2) is 0 Å². The second kappa shape index (κ2) is 5.79. The van der Waals surface area contributed by atoms with Gasteiger partial charge in [-0.1, -0.05) is 13.8 Å². The fourth-order valence-corrected chi connectivity index (χ4v) is 2.60. The smallest absolute Gasteiger partial charge is 0.0831 e. The molecule has 110 valence electrons. The lowest BCUT2D eigenvalue weighted by Gasteiger charge is -2.09. The molecule has 0 saturated carbocycles. The first-order valence-corrected chi connectivity index (χ1v) is 7.21. The second-order valence-electron chi connectivity index (χ2n) is 5.27. The molecule has 0 fully saturated rings. The average molecular weight is 276 g/mol. The molecule has 20 heavy (non-hydrogen) atoms. The third-order valence-corrected chi connectivity index (χ3v) is 3.86. The van der Waals surface area contributed by atoms with Gasteiger partial charge < -0.3 is 5.11 Å². The van der Waals surface area contributed by atoms with Crippen LogP contribution in [0.1, 0.15) is 54.7 Å². The van der Waals surface area contributed by atoms with Gasteiger partial charge in [0, 0.05) is 18.3 Å². The summed E-state index contributed by atoms with van der Waals surface area (Å²) in [7, 11) is 1.96. The number of aromatic nitrogens is 4. The number of aliphatic hydroxyl groups is 1. The van der Waals surface area contributed by atoms with E-state index in [0.717, 1.165) is 34.8 Å². The predicted octanol–water partition coefficient (Wildman–Crippen LogP) is 2.29. The molecular formula is C15H24N4O. The zero-order valence-corrected chi connectivity index (χ0v) is 13.0. The van der Waals surface area contributed by atoms with Gasteiger partial charge in [0.25, 0.3) is 0 Å². The molecule has 0 saturated heterocycles. The van der Waals surface area contributed by atoms with Crippen molar-refractivity contribution >= 4 is 0 Å². The Hall–Kier alpha value is -1.62. The lowest BCUT2D eigenvalue weighted by atomic mass is 10.1. The van der Waals surface area contributed by atoms with Gasteiger partial charge in [-0.15, -0.1) is 0 Å². The Labute approximate surface area is 120 Å². The average Bonchev–Trinajstić information content (AvgIpc) is 2.91. The Kier molecular flexibility index (Phi) is 4.28. The Balaban J connectivity index is 2.32. The highest BCUT2D eigenvalue weighted by Gasteiger charge is 2.18. The molecule has 0 aromatic carbocycles. The summed E-state index contributed by atoms with van der Waals surface area (Å²) < 4.78 is 3.87. The molecule has 0 bridgehead atoms. The molecule has 2 rings (SSSR count). The summed E-state index contributed by atoms with van der Waals surface area (Å²) in [5, 5.41) is 19.1. The normalized spacial score (nSPS) is 12.9. The number of hydrogen-bond acceptors (Lipinski definition) is 3. The first-order chi connectivity index (χ1) is 9.47. The summed E-state index contributed by atoms with van der Waals surface area (Å²) >= 11 is 0. The molecule has 1 unspecified atom stereocenters. The van der Waals surface area contributed by atoms with E-state index in [1.165, 1.54) is 0 Å². The minimum atomic E-state index is -0.429. The first-order valence-electron chi connectivity index (χ1n) is 7.21. The van der Waals surface area contributed by atoms with Crippen LogP contribution in [0.2, 0.25) is 0 Å². The minimum absolute atomic E-state index is 0.429. The molecule has 5 heteroatoms. The molecule has 1 atom stereocenters. The predicted molar refractivity (Wildman–Crippen MR) is 78.6 cm³/mol. The molecule has 1 N–H and O–H groups in total. The van der Waals surface area contributed by atoms with E-state index in [1.54, 1.807) is 0 Å². The molecule has 0 aliphatic rings. The van der Waals surface area contributed by atoms with E-state index in [1.807, 2.05) is 37.2 Å². The van der Waals surface area contributed by atoms with Crippen LogP contribution in [0.3, 0.4) is 0 Å². The fraction of sp³-hybridized carbons (Fsp3) is 0.600. The van der Waals surface area contributed by atoms with E-state index >= 15 is 0 Å². The van der Waals surface area contributed by atoms with Crippen LogP contribution in [-0.2, 0) is 20.0 Å². The standard InChI is InChI=1S/C15H24N4O/c1-6-12-8-13(18(5)17-12)9-19-11(4)15(10(3)16-19)14(20)7-2/h8,14,20H,6-7,9H2,1-5H3. The molecule has 0 amide bonds. The van der Waals surface area contributed by atoms with Crippen molar-refractivity contribution in [2.75, 3.05) is 0 Å². The zero-order chi connectivity index (χ0) is 14.9.